The molecule has 1 N–H and O–H groups in total. The van der Waals surface area contributed by atoms with Crippen LogP contribution in [0.15, 0.2) is 28.8 Å². The maximum absolute atomic E-state index is 12.0. The van der Waals surface area contributed by atoms with Crippen LogP contribution in [0.4, 0.5) is 11.4 Å². The average molecular weight is 359 g/mol. The maximum Gasteiger partial charge on any atom is 0.344 e. The SMILES string of the molecule is CCN(c1ccc(NC(=O)COC(=O)c2c(C)noc2C)cc1)C(C)C. The normalized spacial score (nSPS) is 10.7. The Balaban J connectivity index is 1.91. The average Bonchev–Trinajstić information content (AvgIpc) is 2.93. The molecule has 0 radical (unpaired) electrons. The zero-order valence-electron chi connectivity index (χ0n) is 15.8. The van der Waals surface area contributed by atoms with E-state index < -0.39 is 11.9 Å². The number of esters is 1. The van der Waals surface area contributed by atoms with Crippen molar-refractivity contribution in [2.45, 2.75) is 40.7 Å². The summed E-state index contributed by atoms with van der Waals surface area (Å²) in [6.07, 6.45) is 0. The van der Waals surface area contributed by atoms with Gasteiger partial charge in [0.05, 0.1) is 5.69 Å². The standard InChI is InChI=1S/C19H25N3O4/c1-6-22(12(2)3)16-9-7-15(8-10-16)20-17(23)11-25-19(24)18-13(4)21-26-14(18)5/h7-10,12H,6,11H2,1-5H3,(H,20,23). The fourth-order valence-corrected chi connectivity index (χ4v) is 2.76. The molecule has 0 aliphatic rings. The summed E-state index contributed by atoms with van der Waals surface area (Å²) in [5, 5.41) is 6.40. The molecule has 0 spiro atoms. The van der Waals surface area contributed by atoms with Gasteiger partial charge in [-0.2, -0.15) is 0 Å². The van der Waals surface area contributed by atoms with Crippen molar-refractivity contribution in [2.24, 2.45) is 0 Å². The third-order valence-electron chi connectivity index (χ3n) is 4.02. The predicted octanol–water partition coefficient (Wildman–Crippen LogP) is 3.32. The number of benzene rings is 1. The molecule has 0 fully saturated rings. The zero-order valence-corrected chi connectivity index (χ0v) is 15.8. The number of carbonyl (C=O) groups is 2. The number of hydrogen-bond donors (Lipinski definition) is 1. The molecule has 140 valence electrons. The summed E-state index contributed by atoms with van der Waals surface area (Å²) >= 11 is 0. The van der Waals surface area contributed by atoms with E-state index in [-0.39, 0.29) is 12.2 Å². The van der Waals surface area contributed by atoms with E-state index in [1.807, 2.05) is 24.3 Å². The van der Waals surface area contributed by atoms with Gasteiger partial charge in [-0.05, 0) is 58.9 Å². The second-order valence-electron chi connectivity index (χ2n) is 6.25. The molecule has 0 saturated heterocycles. The summed E-state index contributed by atoms with van der Waals surface area (Å²) in [5.74, 6) is -0.662. The van der Waals surface area contributed by atoms with Crippen LogP contribution in [0.2, 0.25) is 0 Å². The highest BCUT2D eigenvalue weighted by Gasteiger charge is 2.20. The van der Waals surface area contributed by atoms with Crippen molar-refractivity contribution in [3.63, 3.8) is 0 Å². The Kier molecular flexibility index (Phi) is 6.38. The van der Waals surface area contributed by atoms with Crippen molar-refractivity contribution in [1.29, 1.82) is 0 Å². The molecule has 7 heteroatoms. The highest BCUT2D eigenvalue weighted by Crippen LogP contribution is 2.20. The van der Waals surface area contributed by atoms with Gasteiger partial charge >= 0.3 is 5.97 Å². The van der Waals surface area contributed by atoms with Gasteiger partial charge in [-0.1, -0.05) is 5.16 Å². The maximum atomic E-state index is 12.0. The molecule has 0 atom stereocenters. The van der Waals surface area contributed by atoms with E-state index in [9.17, 15) is 9.59 Å². The first-order valence-corrected chi connectivity index (χ1v) is 8.60. The number of nitrogens with zero attached hydrogens (tertiary/aromatic N) is 2. The first-order chi connectivity index (χ1) is 12.3. The minimum absolute atomic E-state index is 0.260. The first-order valence-electron chi connectivity index (χ1n) is 8.60. The van der Waals surface area contributed by atoms with Gasteiger partial charge in [0.1, 0.15) is 11.3 Å². The Labute approximate surface area is 153 Å². The van der Waals surface area contributed by atoms with Crippen molar-refractivity contribution in [1.82, 2.24) is 5.16 Å². The van der Waals surface area contributed by atoms with E-state index in [1.165, 1.54) is 0 Å². The van der Waals surface area contributed by atoms with Crippen LogP contribution < -0.4 is 10.2 Å². The summed E-state index contributed by atoms with van der Waals surface area (Å²) in [6.45, 7) is 10.2. The van der Waals surface area contributed by atoms with Crippen molar-refractivity contribution >= 4 is 23.3 Å². The van der Waals surface area contributed by atoms with E-state index in [4.69, 9.17) is 9.26 Å². The van der Waals surface area contributed by atoms with E-state index in [0.717, 1.165) is 12.2 Å². The van der Waals surface area contributed by atoms with Gasteiger partial charge < -0.3 is 19.5 Å². The van der Waals surface area contributed by atoms with Crippen LogP contribution in [0.1, 0.15) is 42.6 Å². The highest BCUT2D eigenvalue weighted by molar-refractivity contribution is 5.96. The molecule has 1 amide bonds. The van der Waals surface area contributed by atoms with Gasteiger partial charge in [0.25, 0.3) is 5.91 Å². The second kappa shape index (κ2) is 8.51. The minimum Gasteiger partial charge on any atom is -0.452 e. The largest absolute Gasteiger partial charge is 0.452 e. The number of ether oxygens (including phenoxy) is 1. The molecule has 7 nitrogen and oxygen atoms in total. The lowest BCUT2D eigenvalue weighted by atomic mass is 10.2. The van der Waals surface area contributed by atoms with Crippen LogP contribution in [-0.4, -0.2) is 36.2 Å². The molecule has 2 aromatic rings. The summed E-state index contributed by atoms with van der Waals surface area (Å²) in [6, 6.07) is 7.96. The quantitative estimate of drug-likeness (QED) is 0.764. The van der Waals surface area contributed by atoms with Crippen molar-refractivity contribution < 1.29 is 18.8 Å². The number of rotatable bonds is 7. The Morgan fingerprint density at radius 2 is 1.88 bits per heavy atom. The van der Waals surface area contributed by atoms with Gasteiger partial charge in [-0.15, -0.1) is 0 Å². The van der Waals surface area contributed by atoms with Crippen LogP contribution in [0.25, 0.3) is 0 Å². The molecule has 0 bridgehead atoms. The van der Waals surface area contributed by atoms with Gasteiger partial charge in [-0.25, -0.2) is 4.79 Å². The lowest BCUT2D eigenvalue weighted by molar-refractivity contribution is -0.119. The number of amides is 1. The van der Waals surface area contributed by atoms with Crippen LogP contribution in [0.5, 0.6) is 0 Å². The summed E-state index contributed by atoms with van der Waals surface area (Å²) in [4.78, 5) is 26.3. The van der Waals surface area contributed by atoms with E-state index in [2.05, 4.69) is 36.1 Å². The molecule has 0 unspecified atom stereocenters. The molecular formula is C19H25N3O4. The second-order valence-corrected chi connectivity index (χ2v) is 6.25. The van der Waals surface area contributed by atoms with Crippen molar-refractivity contribution in [2.75, 3.05) is 23.4 Å². The molecule has 1 heterocycles. The molecule has 0 aliphatic carbocycles. The van der Waals surface area contributed by atoms with Crippen LogP contribution in [-0.2, 0) is 9.53 Å². The Bertz CT molecular complexity index is 746. The topological polar surface area (TPSA) is 84.7 Å². The number of hydrogen-bond acceptors (Lipinski definition) is 6. The van der Waals surface area contributed by atoms with Gasteiger partial charge in [-0.3, -0.25) is 4.79 Å². The molecule has 0 aliphatic heterocycles. The fourth-order valence-electron chi connectivity index (χ4n) is 2.76. The van der Waals surface area contributed by atoms with Gasteiger partial charge in [0.2, 0.25) is 0 Å². The van der Waals surface area contributed by atoms with Crippen LogP contribution in [0, 0.1) is 13.8 Å². The number of anilines is 2. The predicted molar refractivity (Wildman–Crippen MR) is 99.5 cm³/mol. The van der Waals surface area contributed by atoms with Crippen LogP contribution >= 0.6 is 0 Å². The number of carbonyl (C=O) groups excluding carboxylic acids is 2. The zero-order chi connectivity index (χ0) is 19.3. The molecular weight excluding hydrogens is 334 g/mol. The number of aryl methyl sites for hydroxylation is 2. The Morgan fingerprint density at radius 3 is 2.38 bits per heavy atom. The lowest BCUT2D eigenvalue weighted by Crippen LogP contribution is -2.30. The van der Waals surface area contributed by atoms with Crippen molar-refractivity contribution in [3.8, 4) is 0 Å². The van der Waals surface area contributed by atoms with E-state index in [0.29, 0.717) is 23.2 Å². The van der Waals surface area contributed by atoms with Gasteiger partial charge in [0.15, 0.2) is 6.61 Å². The van der Waals surface area contributed by atoms with Crippen LogP contribution in [0.3, 0.4) is 0 Å². The van der Waals surface area contributed by atoms with E-state index in [1.54, 1.807) is 13.8 Å². The summed E-state index contributed by atoms with van der Waals surface area (Å²) in [5.41, 5.74) is 2.43. The Morgan fingerprint density at radius 1 is 1.23 bits per heavy atom. The third-order valence-corrected chi connectivity index (χ3v) is 4.02. The first kappa shape index (κ1) is 19.5. The molecule has 26 heavy (non-hydrogen) atoms. The fraction of sp³-hybridized carbons (Fsp3) is 0.421. The minimum atomic E-state index is -0.623. The highest BCUT2D eigenvalue weighted by atomic mass is 16.5. The molecule has 1 aromatic heterocycles. The summed E-state index contributed by atoms with van der Waals surface area (Å²) < 4.78 is 9.95. The third kappa shape index (κ3) is 4.62. The molecule has 0 saturated carbocycles. The summed E-state index contributed by atoms with van der Waals surface area (Å²) in [7, 11) is 0. The number of nitrogens with one attached hydrogen (secondary N) is 1. The monoisotopic (exact) mass is 359 g/mol. The van der Waals surface area contributed by atoms with Gasteiger partial charge in [0, 0.05) is 24.0 Å². The number of aromatic nitrogens is 1. The Hall–Kier alpha value is -2.83. The molecule has 2 rings (SSSR count). The van der Waals surface area contributed by atoms with Crippen molar-refractivity contribution in [3.05, 3.63) is 41.3 Å². The van der Waals surface area contributed by atoms with E-state index >= 15 is 0 Å². The smallest absolute Gasteiger partial charge is 0.344 e. The lowest BCUT2D eigenvalue weighted by Gasteiger charge is -2.27. The molecule has 1 aromatic carbocycles.